The third-order valence-electron chi connectivity index (χ3n) is 0.977. The van der Waals surface area contributed by atoms with E-state index < -0.39 is 5.57 Å². The molecule has 1 rings (SSSR count). The number of hydrogen-bond donors (Lipinski definition) is 0. The summed E-state index contributed by atoms with van der Waals surface area (Å²) in [5, 5.41) is 0. The Hall–Kier alpha value is -0.830. The quantitative estimate of drug-likeness (QED) is 0.633. The second-order valence-electron chi connectivity index (χ2n) is 1.86. The number of hydrogen-bond acceptors (Lipinski definition) is 1. The van der Waals surface area contributed by atoms with E-state index in [0.29, 0.717) is 0 Å². The van der Waals surface area contributed by atoms with E-state index in [9.17, 15) is 8.78 Å². The monoisotopic (exact) mass is 178 g/mol. The van der Waals surface area contributed by atoms with E-state index >= 15 is 0 Å². The van der Waals surface area contributed by atoms with Gasteiger partial charge in [-0.3, -0.25) is 0 Å². The minimum atomic E-state index is -3.62. The Balaban J connectivity index is 2.66. The van der Waals surface area contributed by atoms with Crippen LogP contribution in [0.1, 0.15) is 0 Å². The van der Waals surface area contributed by atoms with Gasteiger partial charge in [0.25, 0.3) is 0 Å². The lowest BCUT2D eigenvalue weighted by Gasteiger charge is -2.09. The average Bonchev–Trinajstić information content (AvgIpc) is 1.85. The highest BCUT2D eigenvalue weighted by Gasteiger charge is 2.27. The highest BCUT2D eigenvalue weighted by Crippen LogP contribution is 2.23. The first kappa shape index (κ1) is 8.27. The molecule has 0 aromatic heterocycles. The minimum Gasteiger partial charge on any atom is -0.420 e. The fourth-order valence-electron chi connectivity index (χ4n) is 0.622. The molecule has 11 heavy (non-hydrogen) atoms. The molecule has 0 aliphatic carbocycles. The Kier molecular flexibility index (Phi) is 2.29. The normalized spacial score (nSPS) is 11.2. The first-order chi connectivity index (χ1) is 5.08. The maximum Gasteiger partial charge on any atom is 0.487 e. The smallest absolute Gasteiger partial charge is 0.420 e. The molecule has 4 heteroatoms. The van der Waals surface area contributed by atoms with Gasteiger partial charge in [0.05, 0.1) is 0 Å². The summed E-state index contributed by atoms with van der Waals surface area (Å²) in [5.41, 5.74) is -3.62. The van der Waals surface area contributed by atoms with Crippen LogP contribution in [0.4, 0.5) is 8.78 Å². The molecule has 0 aliphatic rings. The summed E-state index contributed by atoms with van der Waals surface area (Å²) in [7, 11) is 0. The fourth-order valence-corrected chi connectivity index (χ4v) is 0.711. The zero-order valence-electron chi connectivity index (χ0n) is 5.43. The zero-order chi connectivity index (χ0) is 8.32. The van der Waals surface area contributed by atoms with Gasteiger partial charge in [0.15, 0.2) is 0 Å². The van der Waals surface area contributed by atoms with Crippen LogP contribution in [0.25, 0.3) is 0 Å². The molecule has 1 aromatic carbocycles. The van der Waals surface area contributed by atoms with Gasteiger partial charge >= 0.3 is 5.57 Å². The number of ether oxygens (including phenoxy) is 1. The van der Waals surface area contributed by atoms with Crippen LogP contribution < -0.4 is 4.74 Å². The van der Waals surface area contributed by atoms with Crippen LogP contribution in [-0.2, 0) is 0 Å². The number of alkyl halides is 3. The summed E-state index contributed by atoms with van der Waals surface area (Å²) in [6.45, 7) is 0. The topological polar surface area (TPSA) is 9.23 Å². The van der Waals surface area contributed by atoms with Gasteiger partial charge in [-0.15, -0.1) is 8.78 Å². The molecule has 0 heterocycles. The van der Waals surface area contributed by atoms with Crippen molar-refractivity contribution in [3.63, 3.8) is 0 Å². The highest BCUT2D eigenvalue weighted by molar-refractivity contribution is 6.20. The number of rotatable bonds is 2. The number of benzene rings is 1. The molecule has 0 spiro atoms. The Morgan fingerprint density at radius 1 is 1.18 bits per heavy atom. The molecule has 0 radical (unpaired) electrons. The lowest BCUT2D eigenvalue weighted by Crippen LogP contribution is -2.15. The van der Waals surface area contributed by atoms with Crippen LogP contribution >= 0.6 is 11.6 Å². The third kappa shape index (κ3) is 3.18. The number of para-hydroxylation sites is 1. The molecule has 0 N–H and O–H groups in total. The molecule has 60 valence electrons. The molecular formula is C7H5ClF2O. The first-order valence-electron chi connectivity index (χ1n) is 2.89. The van der Waals surface area contributed by atoms with E-state index in [1.807, 2.05) is 0 Å². The van der Waals surface area contributed by atoms with Crippen LogP contribution in [0, 0.1) is 0 Å². The second kappa shape index (κ2) is 3.05. The number of halogens is 3. The molecule has 0 bridgehead atoms. The van der Waals surface area contributed by atoms with Gasteiger partial charge in [0, 0.05) is 11.6 Å². The molecule has 0 unspecified atom stereocenters. The second-order valence-corrected chi connectivity index (χ2v) is 2.30. The molecule has 1 nitrogen and oxygen atoms in total. The SMILES string of the molecule is FC(F)(Cl)Oc1ccccc1. The van der Waals surface area contributed by atoms with E-state index in [-0.39, 0.29) is 5.75 Å². The maximum atomic E-state index is 12.0. The maximum absolute atomic E-state index is 12.0. The lowest BCUT2D eigenvalue weighted by molar-refractivity contribution is -0.0964. The molecular weight excluding hydrogens is 174 g/mol. The first-order valence-corrected chi connectivity index (χ1v) is 3.26. The van der Waals surface area contributed by atoms with Crippen molar-refractivity contribution in [3.05, 3.63) is 30.3 Å². The Bertz CT molecular complexity index is 220. The Labute approximate surface area is 67.5 Å². The van der Waals surface area contributed by atoms with Crippen LogP contribution in [0.5, 0.6) is 5.75 Å². The van der Waals surface area contributed by atoms with Crippen molar-refractivity contribution in [1.82, 2.24) is 0 Å². The van der Waals surface area contributed by atoms with Crippen molar-refractivity contribution in [1.29, 1.82) is 0 Å². The van der Waals surface area contributed by atoms with Crippen molar-refractivity contribution >= 4 is 11.6 Å². The van der Waals surface area contributed by atoms with Crippen molar-refractivity contribution in [2.45, 2.75) is 5.57 Å². The van der Waals surface area contributed by atoms with Gasteiger partial charge < -0.3 is 4.74 Å². The minimum absolute atomic E-state index is 0.0486. The van der Waals surface area contributed by atoms with Crippen molar-refractivity contribution in [3.8, 4) is 5.75 Å². The zero-order valence-corrected chi connectivity index (χ0v) is 6.18. The van der Waals surface area contributed by atoms with Crippen molar-refractivity contribution in [2.75, 3.05) is 0 Å². The van der Waals surface area contributed by atoms with E-state index in [1.165, 1.54) is 12.1 Å². The molecule has 0 aliphatic heterocycles. The fraction of sp³-hybridized carbons (Fsp3) is 0.143. The summed E-state index contributed by atoms with van der Waals surface area (Å²) < 4.78 is 27.9. The molecule has 0 saturated carbocycles. The van der Waals surface area contributed by atoms with Crippen LogP contribution in [0.3, 0.4) is 0 Å². The predicted molar refractivity (Wildman–Crippen MR) is 37.9 cm³/mol. The Morgan fingerprint density at radius 3 is 2.18 bits per heavy atom. The van der Waals surface area contributed by atoms with E-state index in [1.54, 1.807) is 18.2 Å². The van der Waals surface area contributed by atoms with Gasteiger partial charge in [0.1, 0.15) is 5.75 Å². The molecule has 1 aromatic rings. The van der Waals surface area contributed by atoms with Gasteiger partial charge in [-0.05, 0) is 12.1 Å². The summed E-state index contributed by atoms with van der Waals surface area (Å²) in [6.07, 6.45) is 0. The molecule has 0 saturated heterocycles. The Morgan fingerprint density at radius 2 is 1.73 bits per heavy atom. The predicted octanol–water partition coefficient (Wildman–Crippen LogP) is 2.85. The molecule has 0 atom stereocenters. The van der Waals surface area contributed by atoms with Gasteiger partial charge in [-0.25, -0.2) is 0 Å². The third-order valence-corrected chi connectivity index (χ3v) is 1.05. The van der Waals surface area contributed by atoms with Crippen LogP contribution in [0.15, 0.2) is 30.3 Å². The average molecular weight is 179 g/mol. The van der Waals surface area contributed by atoms with E-state index in [0.717, 1.165) is 0 Å². The van der Waals surface area contributed by atoms with E-state index in [2.05, 4.69) is 16.3 Å². The summed E-state index contributed by atoms with van der Waals surface area (Å²) in [5.74, 6) is 0.0486. The molecule has 0 fully saturated rings. The standard InChI is InChI=1S/C7H5ClF2O/c8-7(9,10)11-6-4-2-1-3-5-6/h1-5H. The highest BCUT2D eigenvalue weighted by atomic mass is 35.5. The van der Waals surface area contributed by atoms with Crippen molar-refractivity contribution < 1.29 is 13.5 Å². The summed E-state index contributed by atoms with van der Waals surface area (Å²) >= 11 is 4.51. The van der Waals surface area contributed by atoms with Crippen LogP contribution in [0.2, 0.25) is 0 Å². The molecule has 0 amide bonds. The largest absolute Gasteiger partial charge is 0.487 e. The summed E-state index contributed by atoms with van der Waals surface area (Å²) in [4.78, 5) is 0. The summed E-state index contributed by atoms with van der Waals surface area (Å²) in [6, 6.07) is 7.65. The lowest BCUT2D eigenvalue weighted by atomic mass is 10.3. The van der Waals surface area contributed by atoms with Crippen molar-refractivity contribution in [2.24, 2.45) is 0 Å². The van der Waals surface area contributed by atoms with Crippen LogP contribution in [-0.4, -0.2) is 5.57 Å². The van der Waals surface area contributed by atoms with Gasteiger partial charge in [0.2, 0.25) is 0 Å². The van der Waals surface area contributed by atoms with Gasteiger partial charge in [-0.1, -0.05) is 18.2 Å². The van der Waals surface area contributed by atoms with E-state index in [4.69, 9.17) is 0 Å². The van der Waals surface area contributed by atoms with Gasteiger partial charge in [-0.2, -0.15) is 0 Å².